The lowest BCUT2D eigenvalue weighted by Gasteiger charge is -2.18. The van der Waals surface area contributed by atoms with Crippen molar-refractivity contribution in [1.29, 1.82) is 0 Å². The summed E-state index contributed by atoms with van der Waals surface area (Å²) in [6.07, 6.45) is 3.85. The van der Waals surface area contributed by atoms with Crippen molar-refractivity contribution < 1.29 is 9.18 Å². The molecule has 1 saturated heterocycles. The quantitative estimate of drug-likeness (QED) is 0.739. The van der Waals surface area contributed by atoms with E-state index in [4.69, 9.17) is 11.6 Å². The van der Waals surface area contributed by atoms with Gasteiger partial charge in [-0.05, 0) is 48.7 Å². The number of nitrogens with zero attached hydrogens (tertiary/aromatic N) is 3. The van der Waals surface area contributed by atoms with Crippen LogP contribution in [0.3, 0.4) is 0 Å². The molecule has 2 heterocycles. The van der Waals surface area contributed by atoms with E-state index in [0.29, 0.717) is 5.56 Å². The monoisotopic (exact) mass is 384 g/mol. The van der Waals surface area contributed by atoms with Crippen LogP contribution in [0, 0.1) is 5.82 Å². The Bertz CT molecular complexity index is 1000. The molecule has 1 amide bonds. The fourth-order valence-electron chi connectivity index (χ4n) is 3.30. The number of carbonyl (C=O) groups excluding carboxylic acids is 1. The van der Waals surface area contributed by atoms with E-state index in [2.05, 4.69) is 20.2 Å². The molecule has 1 aromatic heterocycles. The van der Waals surface area contributed by atoms with Crippen molar-refractivity contribution >= 4 is 34.2 Å². The molecule has 1 N–H and O–H groups in total. The highest BCUT2D eigenvalue weighted by Gasteiger charge is 2.17. The number of fused-ring (bicyclic) bond motifs is 1. The SMILES string of the molecule is O=C(NCc1ccc(F)c(Cl)c1)c1ccc2ncnc(N3CCCC3)c2c1. The summed E-state index contributed by atoms with van der Waals surface area (Å²) in [5, 5.41) is 3.75. The third kappa shape index (κ3) is 3.71. The Morgan fingerprint density at radius 1 is 1.15 bits per heavy atom. The van der Waals surface area contributed by atoms with Crippen LogP contribution in [0.2, 0.25) is 5.02 Å². The topological polar surface area (TPSA) is 58.1 Å². The molecule has 1 aliphatic heterocycles. The summed E-state index contributed by atoms with van der Waals surface area (Å²) < 4.78 is 13.2. The van der Waals surface area contributed by atoms with Gasteiger partial charge in [0.05, 0.1) is 10.5 Å². The second-order valence-electron chi connectivity index (χ2n) is 6.55. The third-order valence-corrected chi connectivity index (χ3v) is 5.01. The minimum Gasteiger partial charge on any atom is -0.356 e. The number of aromatic nitrogens is 2. The summed E-state index contributed by atoms with van der Waals surface area (Å²) >= 11 is 5.78. The van der Waals surface area contributed by atoms with Gasteiger partial charge in [-0.15, -0.1) is 0 Å². The van der Waals surface area contributed by atoms with Gasteiger partial charge >= 0.3 is 0 Å². The van der Waals surface area contributed by atoms with Gasteiger partial charge in [0.15, 0.2) is 0 Å². The summed E-state index contributed by atoms with van der Waals surface area (Å²) in [5.41, 5.74) is 2.08. The number of halogens is 2. The average Bonchev–Trinajstić information content (AvgIpc) is 3.22. The van der Waals surface area contributed by atoms with Gasteiger partial charge in [0, 0.05) is 30.6 Å². The van der Waals surface area contributed by atoms with Gasteiger partial charge < -0.3 is 10.2 Å². The molecule has 138 valence electrons. The zero-order valence-electron chi connectivity index (χ0n) is 14.6. The first kappa shape index (κ1) is 17.7. The van der Waals surface area contributed by atoms with Crippen molar-refractivity contribution in [2.75, 3.05) is 18.0 Å². The predicted octanol–water partition coefficient (Wildman–Crippen LogP) is 3.95. The molecule has 0 aliphatic carbocycles. The molecule has 4 rings (SSSR count). The van der Waals surface area contributed by atoms with Crippen LogP contribution in [0.5, 0.6) is 0 Å². The molecule has 0 spiro atoms. The highest BCUT2D eigenvalue weighted by molar-refractivity contribution is 6.30. The van der Waals surface area contributed by atoms with Crippen molar-refractivity contribution in [3.63, 3.8) is 0 Å². The third-order valence-electron chi connectivity index (χ3n) is 4.72. The first-order valence-electron chi connectivity index (χ1n) is 8.83. The van der Waals surface area contributed by atoms with E-state index in [0.717, 1.165) is 48.2 Å². The van der Waals surface area contributed by atoms with Crippen molar-refractivity contribution in [3.05, 3.63) is 64.7 Å². The Morgan fingerprint density at radius 2 is 1.96 bits per heavy atom. The van der Waals surface area contributed by atoms with Crippen LogP contribution in [0.25, 0.3) is 10.9 Å². The van der Waals surface area contributed by atoms with Crippen LogP contribution in [0.4, 0.5) is 10.2 Å². The molecule has 0 bridgehead atoms. The minimum absolute atomic E-state index is 0.0415. The van der Waals surface area contributed by atoms with Crippen LogP contribution >= 0.6 is 11.6 Å². The first-order chi connectivity index (χ1) is 13.1. The van der Waals surface area contributed by atoms with E-state index in [9.17, 15) is 9.18 Å². The Balaban J connectivity index is 1.56. The molecule has 1 fully saturated rings. The maximum absolute atomic E-state index is 13.2. The zero-order valence-corrected chi connectivity index (χ0v) is 15.3. The average molecular weight is 385 g/mol. The minimum atomic E-state index is -0.476. The molecule has 0 radical (unpaired) electrons. The number of hydrogen-bond donors (Lipinski definition) is 1. The molecule has 0 unspecified atom stereocenters. The molecule has 27 heavy (non-hydrogen) atoms. The van der Waals surface area contributed by atoms with Gasteiger partial charge in [-0.25, -0.2) is 14.4 Å². The van der Waals surface area contributed by atoms with Crippen LogP contribution < -0.4 is 10.2 Å². The van der Waals surface area contributed by atoms with E-state index in [1.165, 1.54) is 12.1 Å². The van der Waals surface area contributed by atoms with Crippen molar-refractivity contribution in [3.8, 4) is 0 Å². The summed E-state index contributed by atoms with van der Waals surface area (Å²) in [5.74, 6) is 0.182. The molecule has 2 aromatic carbocycles. The lowest BCUT2D eigenvalue weighted by Crippen LogP contribution is -2.23. The zero-order chi connectivity index (χ0) is 18.8. The lowest BCUT2D eigenvalue weighted by atomic mass is 10.1. The smallest absolute Gasteiger partial charge is 0.251 e. The molecule has 0 saturated carbocycles. The van der Waals surface area contributed by atoms with Crippen molar-refractivity contribution in [2.45, 2.75) is 19.4 Å². The number of rotatable bonds is 4. The van der Waals surface area contributed by atoms with Crippen molar-refractivity contribution in [2.24, 2.45) is 0 Å². The lowest BCUT2D eigenvalue weighted by molar-refractivity contribution is 0.0951. The van der Waals surface area contributed by atoms with E-state index >= 15 is 0 Å². The van der Waals surface area contributed by atoms with Gasteiger partial charge in [-0.1, -0.05) is 17.7 Å². The maximum atomic E-state index is 13.2. The molecule has 3 aromatic rings. The van der Waals surface area contributed by atoms with Crippen LogP contribution in [-0.4, -0.2) is 29.0 Å². The normalized spacial score (nSPS) is 13.9. The largest absolute Gasteiger partial charge is 0.356 e. The Kier molecular flexibility index (Phi) is 4.90. The molecular formula is C20H18ClFN4O. The number of carbonyl (C=O) groups is 1. The van der Waals surface area contributed by atoms with E-state index < -0.39 is 5.82 Å². The van der Waals surface area contributed by atoms with Gasteiger partial charge in [-0.2, -0.15) is 0 Å². The Morgan fingerprint density at radius 3 is 2.74 bits per heavy atom. The molecule has 7 heteroatoms. The summed E-state index contributed by atoms with van der Waals surface area (Å²) in [6, 6.07) is 9.81. The second kappa shape index (κ2) is 7.48. The summed E-state index contributed by atoms with van der Waals surface area (Å²) in [6.45, 7) is 2.20. The van der Waals surface area contributed by atoms with Crippen LogP contribution in [-0.2, 0) is 6.54 Å². The molecular weight excluding hydrogens is 367 g/mol. The Hall–Kier alpha value is -2.73. The highest BCUT2D eigenvalue weighted by Crippen LogP contribution is 2.26. The predicted molar refractivity (Wildman–Crippen MR) is 104 cm³/mol. The number of amides is 1. The number of hydrogen-bond acceptors (Lipinski definition) is 4. The fraction of sp³-hybridized carbons (Fsp3) is 0.250. The molecule has 0 atom stereocenters. The Labute approximate surface area is 161 Å². The summed E-state index contributed by atoms with van der Waals surface area (Å²) in [4.78, 5) is 23.5. The number of nitrogens with one attached hydrogen (secondary N) is 1. The van der Waals surface area contributed by atoms with Gasteiger partial charge in [0.2, 0.25) is 0 Å². The van der Waals surface area contributed by atoms with E-state index in [1.54, 1.807) is 18.5 Å². The van der Waals surface area contributed by atoms with Gasteiger partial charge in [0.25, 0.3) is 5.91 Å². The maximum Gasteiger partial charge on any atom is 0.251 e. The number of anilines is 1. The fourth-order valence-corrected chi connectivity index (χ4v) is 3.50. The van der Waals surface area contributed by atoms with Crippen molar-refractivity contribution in [1.82, 2.24) is 15.3 Å². The summed E-state index contributed by atoms with van der Waals surface area (Å²) in [7, 11) is 0. The molecule has 5 nitrogen and oxygen atoms in total. The molecule has 1 aliphatic rings. The van der Waals surface area contributed by atoms with Crippen LogP contribution in [0.15, 0.2) is 42.7 Å². The second-order valence-corrected chi connectivity index (χ2v) is 6.96. The van der Waals surface area contributed by atoms with Gasteiger partial charge in [0.1, 0.15) is 18.0 Å². The number of benzene rings is 2. The van der Waals surface area contributed by atoms with Crippen LogP contribution in [0.1, 0.15) is 28.8 Å². The van der Waals surface area contributed by atoms with Gasteiger partial charge in [-0.3, -0.25) is 4.79 Å². The van der Waals surface area contributed by atoms with E-state index in [-0.39, 0.29) is 17.5 Å². The standard InChI is InChI=1S/C20H18ClFN4O/c21-16-9-13(3-5-17(16)22)11-23-20(27)14-4-6-18-15(10-14)19(25-12-24-18)26-7-1-2-8-26/h3-6,9-10,12H,1-2,7-8,11H2,(H,23,27). The van der Waals surface area contributed by atoms with E-state index in [1.807, 2.05) is 12.1 Å². The first-order valence-corrected chi connectivity index (χ1v) is 9.21. The highest BCUT2D eigenvalue weighted by atomic mass is 35.5.